The van der Waals surface area contributed by atoms with E-state index in [2.05, 4.69) is 62.2 Å². The van der Waals surface area contributed by atoms with Gasteiger partial charge in [0.15, 0.2) is 0 Å². The zero-order valence-corrected chi connectivity index (χ0v) is 14.3. The summed E-state index contributed by atoms with van der Waals surface area (Å²) in [5, 5.41) is 3.60. The molecule has 0 aromatic heterocycles. The van der Waals surface area contributed by atoms with E-state index in [1.807, 2.05) is 0 Å². The second kappa shape index (κ2) is 7.42. The third-order valence-electron chi connectivity index (χ3n) is 4.51. The van der Waals surface area contributed by atoms with E-state index in [4.69, 9.17) is 0 Å². The molecule has 1 atom stereocenters. The van der Waals surface area contributed by atoms with Gasteiger partial charge < -0.3 is 5.32 Å². The minimum Gasteiger partial charge on any atom is -0.312 e. The van der Waals surface area contributed by atoms with E-state index >= 15 is 0 Å². The van der Waals surface area contributed by atoms with E-state index in [9.17, 15) is 0 Å². The highest BCUT2D eigenvalue weighted by Gasteiger charge is 2.23. The largest absolute Gasteiger partial charge is 0.312 e. The first-order valence-corrected chi connectivity index (χ1v) is 8.55. The van der Waals surface area contributed by atoms with Crippen molar-refractivity contribution in [3.8, 4) is 0 Å². The summed E-state index contributed by atoms with van der Waals surface area (Å²) in [7, 11) is 0. The minimum atomic E-state index is 0.206. The van der Waals surface area contributed by atoms with Crippen LogP contribution in [0, 0.1) is 0 Å². The van der Waals surface area contributed by atoms with Gasteiger partial charge in [-0.15, -0.1) is 0 Å². The molecular formula is C19H32N2. The van der Waals surface area contributed by atoms with Crippen LogP contribution in [0.5, 0.6) is 0 Å². The normalized spacial score (nSPS) is 20.1. The number of nitrogens with one attached hydrogen (secondary N) is 1. The van der Waals surface area contributed by atoms with Gasteiger partial charge in [0.25, 0.3) is 0 Å². The van der Waals surface area contributed by atoms with Gasteiger partial charge in [-0.2, -0.15) is 0 Å². The highest BCUT2D eigenvalue weighted by molar-refractivity contribution is 5.27. The summed E-state index contributed by atoms with van der Waals surface area (Å²) < 4.78 is 0. The second-order valence-corrected chi connectivity index (χ2v) is 7.37. The van der Waals surface area contributed by atoms with Crippen molar-refractivity contribution in [3.63, 3.8) is 0 Å². The van der Waals surface area contributed by atoms with E-state index in [1.54, 1.807) is 0 Å². The summed E-state index contributed by atoms with van der Waals surface area (Å²) in [5.41, 5.74) is 3.24. The average Bonchev–Trinajstić information content (AvgIpc) is 2.86. The van der Waals surface area contributed by atoms with Crippen molar-refractivity contribution >= 4 is 0 Å². The summed E-state index contributed by atoms with van der Waals surface area (Å²) in [6.07, 6.45) is 5.16. The molecule has 0 saturated carbocycles. The molecule has 21 heavy (non-hydrogen) atoms. The van der Waals surface area contributed by atoms with Crippen molar-refractivity contribution in [3.05, 3.63) is 35.4 Å². The molecule has 1 fully saturated rings. The number of likely N-dealkylation sites (tertiary alicyclic amines) is 1. The summed E-state index contributed by atoms with van der Waals surface area (Å²) in [4.78, 5) is 2.68. The van der Waals surface area contributed by atoms with Gasteiger partial charge in [0.2, 0.25) is 0 Å². The molecular weight excluding hydrogens is 256 g/mol. The van der Waals surface area contributed by atoms with Crippen LogP contribution in [-0.2, 0) is 13.0 Å². The number of hydrogen-bond donors (Lipinski definition) is 1. The zero-order chi connectivity index (χ0) is 15.3. The number of nitrogens with zero attached hydrogens (tertiary/aromatic N) is 1. The van der Waals surface area contributed by atoms with Gasteiger partial charge in [-0.05, 0) is 70.7 Å². The Morgan fingerprint density at radius 3 is 2.57 bits per heavy atom. The van der Waals surface area contributed by atoms with Crippen molar-refractivity contribution in [1.82, 2.24) is 10.2 Å². The molecule has 2 heteroatoms. The molecule has 0 radical (unpaired) electrons. The molecule has 1 aromatic carbocycles. The van der Waals surface area contributed by atoms with Crippen LogP contribution in [0.15, 0.2) is 24.3 Å². The van der Waals surface area contributed by atoms with Crippen molar-refractivity contribution < 1.29 is 0 Å². The first-order chi connectivity index (χ1) is 9.99. The molecule has 1 unspecified atom stereocenters. The molecule has 1 aromatic rings. The lowest BCUT2D eigenvalue weighted by Gasteiger charge is -2.25. The zero-order valence-electron chi connectivity index (χ0n) is 14.3. The maximum Gasteiger partial charge on any atom is 0.0239 e. The predicted molar refractivity (Wildman–Crippen MR) is 91.6 cm³/mol. The van der Waals surface area contributed by atoms with Gasteiger partial charge in [0.05, 0.1) is 0 Å². The van der Waals surface area contributed by atoms with Crippen LogP contribution in [-0.4, -0.2) is 29.6 Å². The molecule has 118 valence electrons. The molecule has 1 aliphatic heterocycles. The highest BCUT2D eigenvalue weighted by atomic mass is 15.2. The lowest BCUT2D eigenvalue weighted by atomic mass is 10.0. The summed E-state index contributed by atoms with van der Waals surface area (Å²) in [5.74, 6) is 0. The van der Waals surface area contributed by atoms with E-state index in [0.717, 1.165) is 25.6 Å². The fraction of sp³-hybridized carbons (Fsp3) is 0.684. The Balaban J connectivity index is 1.96. The minimum absolute atomic E-state index is 0.206. The smallest absolute Gasteiger partial charge is 0.0239 e. The predicted octanol–water partition coefficient (Wildman–Crippen LogP) is 3.99. The van der Waals surface area contributed by atoms with Gasteiger partial charge in [-0.3, -0.25) is 4.90 Å². The van der Waals surface area contributed by atoms with Crippen molar-refractivity contribution in [2.75, 3.05) is 13.1 Å². The molecule has 1 N–H and O–H groups in total. The number of rotatable bonds is 6. The number of benzene rings is 1. The van der Waals surface area contributed by atoms with E-state index < -0.39 is 0 Å². The van der Waals surface area contributed by atoms with Crippen LogP contribution in [0.2, 0.25) is 0 Å². The molecule has 0 aliphatic carbocycles. The molecule has 1 heterocycles. The van der Waals surface area contributed by atoms with E-state index in [1.165, 1.54) is 36.9 Å². The van der Waals surface area contributed by atoms with Gasteiger partial charge in [-0.25, -0.2) is 0 Å². The van der Waals surface area contributed by atoms with Gasteiger partial charge >= 0.3 is 0 Å². The highest BCUT2D eigenvalue weighted by Crippen LogP contribution is 2.23. The quantitative estimate of drug-likeness (QED) is 0.851. The Kier molecular flexibility index (Phi) is 5.83. The average molecular weight is 288 g/mol. The molecule has 0 spiro atoms. The maximum absolute atomic E-state index is 3.60. The topological polar surface area (TPSA) is 15.3 Å². The lowest BCUT2D eigenvalue weighted by molar-refractivity contribution is 0.239. The Morgan fingerprint density at radius 2 is 1.90 bits per heavy atom. The maximum atomic E-state index is 3.60. The summed E-state index contributed by atoms with van der Waals surface area (Å²) in [6, 6.07) is 9.78. The van der Waals surface area contributed by atoms with Crippen LogP contribution in [0.1, 0.15) is 58.1 Å². The van der Waals surface area contributed by atoms with Crippen LogP contribution >= 0.6 is 0 Å². The third kappa shape index (κ3) is 5.12. The standard InChI is InChI=1S/C19H32N2/c1-5-18-11-8-14-21(18)15-17-10-7-6-9-16(17)12-13-20-19(2,3)4/h6-7,9-10,18,20H,5,8,11-15H2,1-4H3. The van der Waals surface area contributed by atoms with E-state index in [0.29, 0.717) is 0 Å². The third-order valence-corrected chi connectivity index (χ3v) is 4.51. The summed E-state index contributed by atoms with van der Waals surface area (Å²) >= 11 is 0. The molecule has 1 saturated heterocycles. The van der Waals surface area contributed by atoms with Crippen molar-refractivity contribution in [2.24, 2.45) is 0 Å². The monoisotopic (exact) mass is 288 g/mol. The Bertz CT molecular complexity index is 433. The molecule has 0 bridgehead atoms. The SMILES string of the molecule is CCC1CCCN1Cc1ccccc1CCNC(C)(C)C. The first kappa shape index (κ1) is 16.5. The fourth-order valence-electron chi connectivity index (χ4n) is 3.31. The number of hydrogen-bond acceptors (Lipinski definition) is 2. The molecule has 1 aliphatic rings. The van der Waals surface area contributed by atoms with Gasteiger partial charge in [-0.1, -0.05) is 31.2 Å². The Morgan fingerprint density at radius 1 is 1.19 bits per heavy atom. The van der Waals surface area contributed by atoms with Crippen LogP contribution < -0.4 is 5.32 Å². The molecule has 0 amide bonds. The van der Waals surface area contributed by atoms with Crippen LogP contribution in [0.25, 0.3) is 0 Å². The first-order valence-electron chi connectivity index (χ1n) is 8.55. The lowest BCUT2D eigenvalue weighted by Crippen LogP contribution is -2.37. The molecule has 2 rings (SSSR count). The van der Waals surface area contributed by atoms with Crippen molar-refractivity contribution in [2.45, 2.75) is 71.5 Å². The summed E-state index contributed by atoms with van der Waals surface area (Å²) in [6.45, 7) is 12.5. The van der Waals surface area contributed by atoms with E-state index in [-0.39, 0.29) is 5.54 Å². The van der Waals surface area contributed by atoms with Crippen LogP contribution in [0.4, 0.5) is 0 Å². The Hall–Kier alpha value is -0.860. The fourth-order valence-corrected chi connectivity index (χ4v) is 3.31. The van der Waals surface area contributed by atoms with Gasteiger partial charge in [0, 0.05) is 18.1 Å². The Labute approximate surface area is 130 Å². The van der Waals surface area contributed by atoms with Crippen molar-refractivity contribution in [1.29, 1.82) is 0 Å². The molecule has 2 nitrogen and oxygen atoms in total. The second-order valence-electron chi connectivity index (χ2n) is 7.37. The van der Waals surface area contributed by atoms with Crippen LogP contribution in [0.3, 0.4) is 0 Å². The van der Waals surface area contributed by atoms with Gasteiger partial charge in [0.1, 0.15) is 0 Å².